The lowest BCUT2D eigenvalue weighted by molar-refractivity contribution is -0.384. The number of hydrogen-bond acceptors (Lipinski definition) is 7. The van der Waals surface area contributed by atoms with Crippen LogP contribution in [0.3, 0.4) is 0 Å². The average Bonchev–Trinajstić information content (AvgIpc) is 3.38. The number of aromatic amines is 1. The number of fused-ring (bicyclic) bond motifs is 2. The second-order valence-corrected chi connectivity index (χ2v) is 11.0. The number of aliphatic carboxylic acids is 1. The molecule has 0 saturated carbocycles. The number of benzene rings is 1. The summed E-state index contributed by atoms with van der Waals surface area (Å²) in [6, 6.07) is 6.33. The van der Waals surface area contributed by atoms with E-state index in [0.717, 1.165) is 28.0 Å². The van der Waals surface area contributed by atoms with Crippen molar-refractivity contribution in [2.75, 3.05) is 0 Å². The zero-order valence-corrected chi connectivity index (χ0v) is 21.2. The number of H-pyrrole nitrogens is 1. The summed E-state index contributed by atoms with van der Waals surface area (Å²) in [6.45, 7) is -0.649. The quantitative estimate of drug-likeness (QED) is 0.214. The molecule has 202 valence electrons. The lowest BCUT2D eigenvalue weighted by Gasteiger charge is -2.28. The van der Waals surface area contributed by atoms with Crippen molar-refractivity contribution in [1.29, 1.82) is 0 Å². The topological polar surface area (TPSA) is 186 Å². The van der Waals surface area contributed by atoms with E-state index in [1.807, 2.05) is 10.6 Å². The number of allylic oxidation sites excluding steroid dienone is 4. The van der Waals surface area contributed by atoms with E-state index in [0.29, 0.717) is 48.2 Å². The van der Waals surface area contributed by atoms with E-state index in [1.54, 1.807) is 18.5 Å². The summed E-state index contributed by atoms with van der Waals surface area (Å²) in [5.41, 5.74) is 2.23. The third-order valence-corrected chi connectivity index (χ3v) is 8.19. The van der Waals surface area contributed by atoms with Crippen molar-refractivity contribution < 1.29 is 23.2 Å². The summed E-state index contributed by atoms with van der Waals surface area (Å²) in [7, 11) is -3.90. The number of carbonyl (C=O) groups is 1. The highest BCUT2D eigenvalue weighted by Crippen LogP contribution is 2.39. The Morgan fingerprint density at radius 2 is 1.82 bits per heavy atom. The maximum absolute atomic E-state index is 12.6. The molecule has 2 heterocycles. The van der Waals surface area contributed by atoms with Gasteiger partial charge in [0.25, 0.3) is 5.69 Å². The molecule has 0 atom stereocenters. The Morgan fingerprint density at radius 3 is 2.51 bits per heavy atom. The summed E-state index contributed by atoms with van der Waals surface area (Å²) in [6.07, 6.45) is 7.93. The fourth-order valence-electron chi connectivity index (χ4n) is 4.87. The summed E-state index contributed by atoms with van der Waals surface area (Å²) >= 11 is 0. The van der Waals surface area contributed by atoms with Crippen LogP contribution >= 0.6 is 0 Å². The van der Waals surface area contributed by atoms with Gasteiger partial charge in [-0.15, -0.1) is 0 Å². The van der Waals surface area contributed by atoms with Crippen LogP contribution in [-0.2, 0) is 34.3 Å². The first-order valence-corrected chi connectivity index (χ1v) is 13.4. The van der Waals surface area contributed by atoms with Crippen molar-refractivity contribution in [1.82, 2.24) is 18.8 Å². The highest BCUT2D eigenvalue weighted by Gasteiger charge is 2.27. The molecule has 0 fully saturated rings. The Bertz CT molecular complexity index is 1790. The van der Waals surface area contributed by atoms with Crippen LogP contribution in [-0.4, -0.2) is 38.5 Å². The summed E-state index contributed by atoms with van der Waals surface area (Å²) in [4.78, 5) is 48.8. The summed E-state index contributed by atoms with van der Waals surface area (Å²) in [5.74, 6) is -1.23. The molecule has 5 rings (SSSR count). The van der Waals surface area contributed by atoms with Gasteiger partial charge in [-0.2, -0.15) is 0 Å². The molecule has 14 heteroatoms. The third kappa shape index (κ3) is 5.11. The summed E-state index contributed by atoms with van der Waals surface area (Å²) < 4.78 is 30.6. The maximum Gasteiger partial charge on any atom is 0.323 e. The van der Waals surface area contributed by atoms with Crippen molar-refractivity contribution in [2.45, 2.75) is 43.7 Å². The summed E-state index contributed by atoms with van der Waals surface area (Å²) in [5, 5.41) is 20.2. The Morgan fingerprint density at radius 1 is 1.10 bits per heavy atom. The van der Waals surface area contributed by atoms with Gasteiger partial charge in [0.1, 0.15) is 6.54 Å². The van der Waals surface area contributed by atoms with E-state index in [9.17, 15) is 38.0 Å². The Labute approximate surface area is 220 Å². The molecule has 0 unspecified atom stereocenters. The number of nitrogens with one attached hydrogen (secondary N) is 2. The number of rotatable bonds is 8. The molecule has 0 saturated heterocycles. The van der Waals surface area contributed by atoms with Gasteiger partial charge in [-0.1, -0.05) is 5.57 Å². The number of non-ortho nitro benzene ring substituents is 1. The molecule has 2 aromatic heterocycles. The molecule has 0 aliphatic heterocycles. The van der Waals surface area contributed by atoms with Crippen LogP contribution in [0.2, 0.25) is 0 Å². The first kappa shape index (κ1) is 26.1. The van der Waals surface area contributed by atoms with Crippen LogP contribution in [0, 0.1) is 10.1 Å². The minimum atomic E-state index is -3.90. The van der Waals surface area contributed by atoms with Crippen molar-refractivity contribution in [2.24, 2.45) is 0 Å². The number of carboxylic acids is 1. The van der Waals surface area contributed by atoms with Crippen LogP contribution in [0.1, 0.15) is 36.2 Å². The van der Waals surface area contributed by atoms with Crippen molar-refractivity contribution >= 4 is 33.0 Å². The van der Waals surface area contributed by atoms with Crippen LogP contribution in [0.5, 0.6) is 0 Å². The fraction of sp³-hybridized carbons (Fsp3) is 0.240. The molecule has 0 radical (unpaired) electrons. The number of sulfonamides is 1. The molecule has 0 spiro atoms. The minimum Gasteiger partial charge on any atom is -0.480 e. The molecule has 2 aliphatic carbocycles. The normalized spacial score (nSPS) is 14.9. The van der Waals surface area contributed by atoms with Crippen LogP contribution in [0.4, 0.5) is 5.69 Å². The zero-order chi connectivity index (χ0) is 27.9. The van der Waals surface area contributed by atoms with Gasteiger partial charge < -0.3 is 14.7 Å². The van der Waals surface area contributed by atoms with E-state index >= 15 is 0 Å². The predicted molar refractivity (Wildman–Crippen MR) is 139 cm³/mol. The molecule has 0 bridgehead atoms. The lowest BCUT2D eigenvalue weighted by Crippen LogP contribution is -2.41. The van der Waals surface area contributed by atoms with Gasteiger partial charge >= 0.3 is 17.1 Å². The van der Waals surface area contributed by atoms with Crippen LogP contribution < -0.4 is 15.8 Å². The standard InChI is InChI=1S/C25H23N5O8S/c31-22(32)14-29-23-20-11-18(3-1-16(20)2-8-21(23)27-24(33)25(29)34)28-10-9-15(13-28)12-26-39(37,38)19-6-4-17(5-7-19)30(35)36/h4-7,9-11,13,26H,1-3,8,12,14H2,(H,27,33)(H,31,32). The van der Waals surface area contributed by atoms with E-state index in [4.69, 9.17) is 0 Å². The average molecular weight is 554 g/mol. The van der Waals surface area contributed by atoms with E-state index in [-0.39, 0.29) is 17.1 Å². The molecular formula is C25H23N5O8S. The number of carboxylic acid groups (broad SMARTS) is 1. The molecule has 3 aromatic rings. The maximum atomic E-state index is 12.6. The molecule has 3 N–H and O–H groups in total. The van der Waals surface area contributed by atoms with E-state index in [1.165, 1.54) is 12.1 Å². The Kier molecular flexibility index (Phi) is 6.66. The van der Waals surface area contributed by atoms with Crippen LogP contribution in [0.15, 0.2) is 68.9 Å². The van der Waals surface area contributed by atoms with Crippen molar-refractivity contribution in [3.8, 4) is 0 Å². The largest absolute Gasteiger partial charge is 0.480 e. The number of nitro groups is 1. The first-order chi connectivity index (χ1) is 18.5. The zero-order valence-electron chi connectivity index (χ0n) is 20.4. The Balaban J connectivity index is 1.40. The molecule has 2 aliphatic rings. The highest BCUT2D eigenvalue weighted by molar-refractivity contribution is 7.89. The van der Waals surface area contributed by atoms with Gasteiger partial charge in [0.05, 0.1) is 15.5 Å². The highest BCUT2D eigenvalue weighted by atomic mass is 32.2. The number of nitrogens with zero attached hydrogens (tertiary/aromatic N) is 3. The van der Waals surface area contributed by atoms with Crippen molar-refractivity contribution in [3.63, 3.8) is 0 Å². The molecule has 13 nitrogen and oxygen atoms in total. The second kappa shape index (κ2) is 9.96. The number of aromatic nitrogens is 3. The smallest absolute Gasteiger partial charge is 0.323 e. The molecule has 39 heavy (non-hydrogen) atoms. The van der Waals surface area contributed by atoms with E-state index < -0.39 is 38.6 Å². The van der Waals surface area contributed by atoms with Gasteiger partial charge in [0, 0.05) is 48.0 Å². The Hall–Kier alpha value is -4.56. The van der Waals surface area contributed by atoms with Gasteiger partial charge in [0.15, 0.2) is 0 Å². The van der Waals surface area contributed by atoms with Gasteiger partial charge in [0.2, 0.25) is 10.0 Å². The third-order valence-electron chi connectivity index (χ3n) is 6.77. The number of nitro benzene ring substituents is 1. The first-order valence-electron chi connectivity index (χ1n) is 12.0. The molecular weight excluding hydrogens is 530 g/mol. The lowest BCUT2D eigenvalue weighted by atomic mass is 9.84. The SMILES string of the molecule is O=C(O)Cn1c2c([nH]c(=O)c1=O)CCC1=C2C=C(n2ccc(CNS(=O)(=O)c3ccc([N+](=O)[O-])cc3)c2)CC1. The monoisotopic (exact) mass is 553 g/mol. The van der Waals surface area contributed by atoms with Gasteiger partial charge in [-0.05, 0) is 55.5 Å². The second-order valence-electron chi connectivity index (χ2n) is 9.22. The number of hydrogen-bond donors (Lipinski definition) is 3. The fourth-order valence-corrected chi connectivity index (χ4v) is 5.89. The number of aryl methyl sites for hydroxylation is 1. The van der Waals surface area contributed by atoms with Gasteiger partial charge in [-0.25, -0.2) is 13.1 Å². The predicted octanol–water partition coefficient (Wildman–Crippen LogP) is 1.84. The molecule has 0 amide bonds. The van der Waals surface area contributed by atoms with Crippen molar-refractivity contribution in [3.05, 3.63) is 102 Å². The molecule has 1 aromatic carbocycles. The minimum absolute atomic E-state index is 0.0181. The van der Waals surface area contributed by atoms with E-state index in [2.05, 4.69) is 9.71 Å². The van der Waals surface area contributed by atoms with Crippen LogP contribution in [0.25, 0.3) is 11.3 Å². The van der Waals surface area contributed by atoms with Gasteiger partial charge in [-0.3, -0.25) is 29.1 Å².